The maximum absolute atomic E-state index is 13.0. The first-order valence-corrected chi connectivity index (χ1v) is 11.0. The van der Waals surface area contributed by atoms with E-state index < -0.39 is 18.1 Å². The molecule has 0 bridgehead atoms. The highest BCUT2D eigenvalue weighted by atomic mass is 16.6. The van der Waals surface area contributed by atoms with Gasteiger partial charge in [-0.15, -0.1) is 0 Å². The van der Waals surface area contributed by atoms with Crippen LogP contribution in [0.15, 0.2) is 24.3 Å². The van der Waals surface area contributed by atoms with Crippen LogP contribution in [-0.4, -0.2) is 67.2 Å². The van der Waals surface area contributed by atoms with Gasteiger partial charge < -0.3 is 24.4 Å². The van der Waals surface area contributed by atoms with Gasteiger partial charge in [0.15, 0.2) is 6.10 Å². The number of carbonyl (C=O) groups excluding carboxylic acids is 3. The van der Waals surface area contributed by atoms with Crippen LogP contribution < -0.4 is 10.1 Å². The summed E-state index contributed by atoms with van der Waals surface area (Å²) in [4.78, 5) is 39.2. The van der Waals surface area contributed by atoms with Crippen LogP contribution in [0.2, 0.25) is 0 Å². The zero-order chi connectivity index (χ0) is 22.4. The van der Waals surface area contributed by atoms with E-state index in [1.54, 1.807) is 6.92 Å². The Kier molecular flexibility index (Phi) is 7.90. The van der Waals surface area contributed by atoms with Crippen molar-refractivity contribution in [2.45, 2.75) is 64.2 Å². The van der Waals surface area contributed by atoms with Crippen LogP contribution in [-0.2, 0) is 23.9 Å². The second-order valence-corrected chi connectivity index (χ2v) is 8.34. The number of piperazine rings is 1. The fourth-order valence-electron chi connectivity index (χ4n) is 3.78. The largest absolute Gasteiger partial charge is 0.481 e. The zero-order valence-electron chi connectivity index (χ0n) is 18.5. The van der Waals surface area contributed by atoms with Crippen molar-refractivity contribution in [2.75, 3.05) is 26.3 Å². The topological polar surface area (TPSA) is 94.2 Å². The van der Waals surface area contributed by atoms with Crippen molar-refractivity contribution in [2.24, 2.45) is 0 Å². The zero-order valence-corrected chi connectivity index (χ0v) is 18.5. The number of amides is 2. The van der Waals surface area contributed by atoms with Crippen molar-refractivity contribution < 1.29 is 28.6 Å². The summed E-state index contributed by atoms with van der Waals surface area (Å²) >= 11 is 0. The van der Waals surface area contributed by atoms with E-state index in [4.69, 9.17) is 14.2 Å². The summed E-state index contributed by atoms with van der Waals surface area (Å²) in [7, 11) is 0. The Labute approximate surface area is 183 Å². The van der Waals surface area contributed by atoms with Crippen LogP contribution in [0.1, 0.15) is 51.5 Å². The van der Waals surface area contributed by atoms with Crippen molar-refractivity contribution in [3.8, 4) is 5.75 Å². The van der Waals surface area contributed by atoms with Gasteiger partial charge in [0.2, 0.25) is 5.91 Å². The molecule has 2 amide bonds. The van der Waals surface area contributed by atoms with Crippen molar-refractivity contribution in [3.63, 3.8) is 0 Å². The molecule has 8 heteroatoms. The summed E-state index contributed by atoms with van der Waals surface area (Å²) in [5, 5.41) is 2.72. The molecule has 170 valence electrons. The maximum atomic E-state index is 13.0. The number of rotatable bonds is 8. The monoisotopic (exact) mass is 432 g/mol. The number of benzene rings is 1. The van der Waals surface area contributed by atoms with Crippen molar-refractivity contribution in [3.05, 3.63) is 29.8 Å². The lowest BCUT2D eigenvalue weighted by atomic mass is 10.0. The highest BCUT2D eigenvalue weighted by molar-refractivity contribution is 5.93. The standard InChI is InChI=1S/C23H32N2O6/c1-15(2)17-6-8-18(9-7-17)31-16(3)23(28)25-11-10-24-22(27)20(25)13-21(26)30-14-19-5-4-12-29-19/h6-9,15-16,19-20H,4-5,10-14H2,1-3H3,(H,24,27)/t16-,19+,20-/m0/s1. The van der Waals surface area contributed by atoms with Gasteiger partial charge in [0, 0.05) is 19.7 Å². The summed E-state index contributed by atoms with van der Waals surface area (Å²) in [5.74, 6) is -0.227. The molecule has 2 heterocycles. The third-order valence-electron chi connectivity index (χ3n) is 5.64. The summed E-state index contributed by atoms with van der Waals surface area (Å²) in [5.41, 5.74) is 1.18. The molecule has 0 unspecified atom stereocenters. The lowest BCUT2D eigenvalue weighted by Gasteiger charge is -2.36. The van der Waals surface area contributed by atoms with Gasteiger partial charge in [-0.1, -0.05) is 26.0 Å². The lowest BCUT2D eigenvalue weighted by molar-refractivity contribution is -0.155. The number of esters is 1. The number of nitrogens with zero attached hydrogens (tertiary/aromatic N) is 1. The molecular formula is C23H32N2O6. The summed E-state index contributed by atoms with van der Waals surface area (Å²) < 4.78 is 16.5. The van der Waals surface area contributed by atoms with Gasteiger partial charge in [0.05, 0.1) is 12.5 Å². The summed E-state index contributed by atoms with van der Waals surface area (Å²) in [6.07, 6.45) is 0.737. The number of ether oxygens (including phenoxy) is 3. The van der Waals surface area contributed by atoms with Gasteiger partial charge in [-0.3, -0.25) is 14.4 Å². The van der Waals surface area contributed by atoms with Gasteiger partial charge in [-0.2, -0.15) is 0 Å². The molecule has 2 saturated heterocycles. The first kappa shape index (κ1) is 23.1. The van der Waals surface area contributed by atoms with Crippen LogP contribution in [0.25, 0.3) is 0 Å². The predicted octanol–water partition coefficient (Wildman–Crippen LogP) is 2.02. The summed E-state index contributed by atoms with van der Waals surface area (Å²) in [6.45, 7) is 7.36. The molecule has 2 aliphatic heterocycles. The van der Waals surface area contributed by atoms with Gasteiger partial charge in [0.1, 0.15) is 18.4 Å². The average Bonchev–Trinajstić information content (AvgIpc) is 3.27. The van der Waals surface area contributed by atoms with Crippen LogP contribution in [0, 0.1) is 0 Å². The smallest absolute Gasteiger partial charge is 0.308 e. The molecule has 0 saturated carbocycles. The van der Waals surface area contributed by atoms with E-state index in [1.165, 1.54) is 10.5 Å². The van der Waals surface area contributed by atoms with Crippen molar-refractivity contribution in [1.82, 2.24) is 10.2 Å². The molecule has 2 aliphatic rings. The average molecular weight is 433 g/mol. The first-order valence-electron chi connectivity index (χ1n) is 11.0. The minimum absolute atomic E-state index is 0.0858. The minimum atomic E-state index is -0.910. The lowest BCUT2D eigenvalue weighted by Crippen LogP contribution is -2.60. The first-order chi connectivity index (χ1) is 14.8. The molecule has 0 radical (unpaired) electrons. The fourth-order valence-corrected chi connectivity index (χ4v) is 3.78. The quantitative estimate of drug-likeness (QED) is 0.632. The molecule has 3 rings (SSSR count). The van der Waals surface area contributed by atoms with Crippen LogP contribution in [0.4, 0.5) is 0 Å². The second-order valence-electron chi connectivity index (χ2n) is 8.34. The van der Waals surface area contributed by atoms with Crippen molar-refractivity contribution >= 4 is 17.8 Å². The molecule has 3 atom stereocenters. The highest BCUT2D eigenvalue weighted by Gasteiger charge is 2.37. The Hall–Kier alpha value is -2.61. The van der Waals surface area contributed by atoms with E-state index >= 15 is 0 Å². The fraction of sp³-hybridized carbons (Fsp3) is 0.609. The van der Waals surface area contributed by atoms with E-state index in [9.17, 15) is 14.4 Å². The van der Waals surface area contributed by atoms with Gasteiger partial charge >= 0.3 is 5.97 Å². The molecule has 0 spiro atoms. The van der Waals surface area contributed by atoms with E-state index in [0.29, 0.717) is 31.4 Å². The Morgan fingerprint density at radius 1 is 1.23 bits per heavy atom. The van der Waals surface area contributed by atoms with Crippen LogP contribution in [0.3, 0.4) is 0 Å². The molecular weight excluding hydrogens is 400 g/mol. The minimum Gasteiger partial charge on any atom is -0.481 e. The Bertz CT molecular complexity index is 773. The normalized spacial score (nSPS) is 22.2. The Balaban J connectivity index is 1.58. The van der Waals surface area contributed by atoms with E-state index in [0.717, 1.165) is 12.8 Å². The maximum Gasteiger partial charge on any atom is 0.308 e. The second kappa shape index (κ2) is 10.6. The number of carbonyl (C=O) groups is 3. The Morgan fingerprint density at radius 3 is 2.61 bits per heavy atom. The number of nitrogens with one attached hydrogen (secondary N) is 1. The van der Waals surface area contributed by atoms with Gasteiger partial charge in [-0.05, 0) is 43.4 Å². The number of hydrogen-bond acceptors (Lipinski definition) is 6. The molecule has 8 nitrogen and oxygen atoms in total. The number of hydrogen-bond donors (Lipinski definition) is 1. The SMILES string of the molecule is CC(C)c1ccc(O[C@@H](C)C(=O)N2CCNC(=O)[C@@H]2CC(=O)OC[C@H]2CCCO2)cc1. The predicted molar refractivity (Wildman–Crippen MR) is 114 cm³/mol. The molecule has 0 aliphatic carbocycles. The third-order valence-corrected chi connectivity index (χ3v) is 5.64. The van der Waals surface area contributed by atoms with E-state index in [2.05, 4.69) is 19.2 Å². The molecule has 0 aromatic heterocycles. The molecule has 2 fully saturated rings. The molecule has 1 N–H and O–H groups in total. The van der Waals surface area contributed by atoms with Crippen LogP contribution in [0.5, 0.6) is 5.75 Å². The highest BCUT2D eigenvalue weighted by Crippen LogP contribution is 2.21. The molecule has 31 heavy (non-hydrogen) atoms. The Morgan fingerprint density at radius 2 is 1.97 bits per heavy atom. The van der Waals surface area contributed by atoms with Crippen molar-refractivity contribution in [1.29, 1.82) is 0 Å². The van der Waals surface area contributed by atoms with E-state index in [-0.39, 0.29) is 30.9 Å². The molecule has 1 aromatic rings. The van der Waals surface area contributed by atoms with Gasteiger partial charge in [0.25, 0.3) is 5.91 Å². The molecule has 1 aromatic carbocycles. The summed E-state index contributed by atoms with van der Waals surface area (Å²) in [6, 6.07) is 6.70. The third kappa shape index (κ3) is 6.19. The van der Waals surface area contributed by atoms with E-state index in [1.807, 2.05) is 24.3 Å². The van der Waals surface area contributed by atoms with Gasteiger partial charge in [-0.25, -0.2) is 0 Å². The van der Waals surface area contributed by atoms with Crippen LogP contribution >= 0.6 is 0 Å².